The van der Waals surface area contributed by atoms with Crippen molar-refractivity contribution in [3.8, 4) is 0 Å². The van der Waals surface area contributed by atoms with Crippen LogP contribution in [-0.4, -0.2) is 63.7 Å². The van der Waals surface area contributed by atoms with E-state index in [2.05, 4.69) is 45.8 Å². The summed E-state index contributed by atoms with van der Waals surface area (Å²) in [7, 11) is 0.407. The van der Waals surface area contributed by atoms with Crippen LogP contribution in [0.5, 0.6) is 0 Å². The third kappa shape index (κ3) is 4.56. The van der Waals surface area contributed by atoms with Crippen molar-refractivity contribution < 1.29 is 13.2 Å². The van der Waals surface area contributed by atoms with E-state index in [0.717, 1.165) is 0 Å². The molecule has 7 nitrogen and oxygen atoms in total. The molecule has 1 fully saturated rings. The van der Waals surface area contributed by atoms with Gasteiger partial charge in [0.15, 0.2) is 5.84 Å². The van der Waals surface area contributed by atoms with Gasteiger partial charge in [-0.1, -0.05) is 42.0 Å². The molecule has 1 amide bonds. The standard InChI is InChI=1S/C24H30N4O3S/c1-17-8-10-18(11-9-17)21(27(2)3)16-25-24(29)19-12-14-28(15-13-19)23-20-6-4-5-7-22(20)32(30,31)26-23/h4-11,19,21H,12-16H2,1-3H3,(H,25,29). The topological polar surface area (TPSA) is 82.1 Å². The predicted molar refractivity (Wildman–Crippen MR) is 125 cm³/mol. The zero-order valence-electron chi connectivity index (χ0n) is 18.8. The minimum Gasteiger partial charge on any atom is -0.355 e. The van der Waals surface area contributed by atoms with Gasteiger partial charge in [-0.15, -0.1) is 4.40 Å². The highest BCUT2D eigenvalue weighted by atomic mass is 32.2. The maximum absolute atomic E-state index is 12.9. The summed E-state index contributed by atoms with van der Waals surface area (Å²) < 4.78 is 28.7. The molecule has 2 heterocycles. The van der Waals surface area contributed by atoms with Crippen LogP contribution in [-0.2, 0) is 14.8 Å². The molecule has 1 atom stereocenters. The molecule has 170 valence electrons. The molecule has 0 bridgehead atoms. The van der Waals surface area contributed by atoms with E-state index in [1.54, 1.807) is 18.2 Å². The molecule has 2 aliphatic heterocycles. The third-order valence-electron chi connectivity index (χ3n) is 6.33. The van der Waals surface area contributed by atoms with Crippen LogP contribution in [0.1, 0.15) is 35.6 Å². The number of sulfonamides is 1. The van der Waals surface area contributed by atoms with Crippen molar-refractivity contribution in [3.63, 3.8) is 0 Å². The summed E-state index contributed by atoms with van der Waals surface area (Å²) in [6.45, 7) is 3.83. The smallest absolute Gasteiger partial charge is 0.285 e. The first kappa shape index (κ1) is 22.5. The Kier molecular flexibility index (Phi) is 6.35. The third-order valence-corrected chi connectivity index (χ3v) is 7.66. The maximum Gasteiger partial charge on any atom is 0.285 e. The molecular formula is C24H30N4O3S. The number of fused-ring (bicyclic) bond motifs is 1. The number of hydrogen-bond acceptors (Lipinski definition) is 5. The van der Waals surface area contributed by atoms with Gasteiger partial charge in [0.25, 0.3) is 10.0 Å². The van der Waals surface area contributed by atoms with Crippen LogP contribution in [0.2, 0.25) is 0 Å². The Bertz CT molecular complexity index is 1120. The van der Waals surface area contributed by atoms with Gasteiger partial charge in [-0.2, -0.15) is 8.42 Å². The Hall–Kier alpha value is -2.71. The Balaban J connectivity index is 1.35. The molecule has 0 spiro atoms. The van der Waals surface area contributed by atoms with E-state index in [1.807, 2.05) is 25.1 Å². The van der Waals surface area contributed by atoms with E-state index >= 15 is 0 Å². The Labute approximate surface area is 190 Å². The molecule has 1 unspecified atom stereocenters. The summed E-state index contributed by atoms with van der Waals surface area (Å²) in [5.74, 6) is 0.484. The van der Waals surface area contributed by atoms with Crippen LogP contribution < -0.4 is 5.32 Å². The van der Waals surface area contributed by atoms with E-state index < -0.39 is 10.0 Å². The second kappa shape index (κ2) is 9.03. The maximum atomic E-state index is 12.9. The largest absolute Gasteiger partial charge is 0.355 e. The molecule has 2 aromatic carbocycles. The molecule has 8 heteroatoms. The number of likely N-dealkylation sites (tertiary alicyclic amines) is 1. The second-order valence-corrected chi connectivity index (χ2v) is 10.4. The van der Waals surface area contributed by atoms with Crippen LogP contribution in [0, 0.1) is 12.8 Å². The lowest BCUT2D eigenvalue weighted by atomic mass is 9.95. The zero-order chi connectivity index (χ0) is 22.9. The van der Waals surface area contributed by atoms with Crippen molar-refractivity contribution in [1.29, 1.82) is 0 Å². The minimum atomic E-state index is -3.63. The van der Waals surface area contributed by atoms with Crippen molar-refractivity contribution in [2.75, 3.05) is 33.7 Å². The van der Waals surface area contributed by atoms with Gasteiger partial charge in [0.1, 0.15) is 4.90 Å². The number of nitrogens with one attached hydrogen (secondary N) is 1. The quantitative estimate of drug-likeness (QED) is 0.751. The number of likely N-dealkylation sites (N-methyl/N-ethyl adjacent to an activating group) is 1. The van der Waals surface area contributed by atoms with Crippen molar-refractivity contribution >= 4 is 21.8 Å². The summed E-state index contributed by atoms with van der Waals surface area (Å²) >= 11 is 0. The number of carbonyl (C=O) groups is 1. The molecule has 1 saturated heterocycles. The van der Waals surface area contributed by atoms with Crippen LogP contribution >= 0.6 is 0 Å². The lowest BCUT2D eigenvalue weighted by molar-refractivity contribution is -0.126. The van der Waals surface area contributed by atoms with E-state index in [0.29, 0.717) is 43.9 Å². The molecule has 4 rings (SSSR count). The van der Waals surface area contributed by atoms with E-state index in [-0.39, 0.29) is 22.8 Å². The molecule has 0 aromatic heterocycles. The molecule has 2 aliphatic rings. The summed E-state index contributed by atoms with van der Waals surface area (Å²) in [4.78, 5) is 17.2. The number of amidine groups is 1. The Morgan fingerprint density at radius 1 is 1.12 bits per heavy atom. The number of benzene rings is 2. The monoisotopic (exact) mass is 454 g/mol. The van der Waals surface area contributed by atoms with Crippen LogP contribution in [0.3, 0.4) is 0 Å². The van der Waals surface area contributed by atoms with Crippen LogP contribution in [0.15, 0.2) is 57.8 Å². The highest BCUT2D eigenvalue weighted by Crippen LogP contribution is 2.29. The number of hydrogen-bond donors (Lipinski definition) is 1. The first-order valence-corrected chi connectivity index (χ1v) is 12.4. The summed E-state index contributed by atoms with van der Waals surface area (Å²) in [6, 6.07) is 15.4. The first-order chi connectivity index (χ1) is 15.3. The van der Waals surface area contributed by atoms with Crippen molar-refractivity contribution in [3.05, 3.63) is 65.2 Å². The molecule has 0 aliphatic carbocycles. The SMILES string of the molecule is Cc1ccc(C(CNC(=O)C2CCN(C3=NS(=O)(=O)c4ccccc43)CC2)N(C)C)cc1. The highest BCUT2D eigenvalue weighted by molar-refractivity contribution is 7.90. The van der Waals surface area contributed by atoms with Gasteiger partial charge in [0.2, 0.25) is 5.91 Å². The zero-order valence-corrected chi connectivity index (χ0v) is 19.6. The molecule has 2 aromatic rings. The number of nitrogens with zero attached hydrogens (tertiary/aromatic N) is 3. The number of amides is 1. The van der Waals surface area contributed by atoms with Gasteiger partial charge in [0, 0.05) is 31.1 Å². The number of piperidine rings is 1. The molecular weight excluding hydrogens is 424 g/mol. The van der Waals surface area contributed by atoms with Crippen molar-refractivity contribution in [2.24, 2.45) is 10.3 Å². The lowest BCUT2D eigenvalue weighted by Gasteiger charge is -2.33. The Morgan fingerprint density at radius 2 is 1.78 bits per heavy atom. The highest BCUT2D eigenvalue weighted by Gasteiger charge is 2.34. The van der Waals surface area contributed by atoms with Gasteiger partial charge >= 0.3 is 0 Å². The van der Waals surface area contributed by atoms with Gasteiger partial charge in [0.05, 0.1) is 6.04 Å². The fourth-order valence-corrected chi connectivity index (χ4v) is 5.63. The normalized spacial score (nSPS) is 18.9. The summed E-state index contributed by atoms with van der Waals surface area (Å²) in [5, 5.41) is 3.13. The molecule has 1 N–H and O–H groups in total. The average Bonchev–Trinajstić information content (AvgIpc) is 3.06. The summed E-state index contributed by atoms with van der Waals surface area (Å²) in [6.07, 6.45) is 1.34. The average molecular weight is 455 g/mol. The fourth-order valence-electron chi connectivity index (χ4n) is 4.40. The lowest BCUT2D eigenvalue weighted by Crippen LogP contribution is -2.44. The van der Waals surface area contributed by atoms with Crippen LogP contribution in [0.4, 0.5) is 0 Å². The molecule has 0 saturated carbocycles. The summed E-state index contributed by atoms with van der Waals surface area (Å²) in [5.41, 5.74) is 3.04. The van der Waals surface area contributed by atoms with Crippen molar-refractivity contribution in [1.82, 2.24) is 15.1 Å². The van der Waals surface area contributed by atoms with Crippen LogP contribution in [0.25, 0.3) is 0 Å². The minimum absolute atomic E-state index is 0.0602. The van der Waals surface area contributed by atoms with Gasteiger partial charge < -0.3 is 15.1 Å². The Morgan fingerprint density at radius 3 is 2.44 bits per heavy atom. The van der Waals surface area contributed by atoms with Gasteiger partial charge in [-0.25, -0.2) is 0 Å². The van der Waals surface area contributed by atoms with E-state index in [9.17, 15) is 13.2 Å². The van der Waals surface area contributed by atoms with E-state index in [4.69, 9.17) is 0 Å². The first-order valence-electron chi connectivity index (χ1n) is 11.0. The fraction of sp³-hybridized carbons (Fsp3) is 0.417. The van der Waals surface area contributed by atoms with E-state index in [1.165, 1.54) is 11.1 Å². The van der Waals surface area contributed by atoms with Gasteiger partial charge in [-0.05, 0) is 51.6 Å². The molecule has 32 heavy (non-hydrogen) atoms. The van der Waals surface area contributed by atoms with Gasteiger partial charge in [-0.3, -0.25) is 4.79 Å². The molecule has 0 radical (unpaired) electrons. The number of rotatable bonds is 5. The number of aryl methyl sites for hydroxylation is 1. The van der Waals surface area contributed by atoms with Crippen molar-refractivity contribution in [2.45, 2.75) is 30.7 Å². The predicted octanol–water partition coefficient (Wildman–Crippen LogP) is 2.58. The second-order valence-electron chi connectivity index (χ2n) is 8.78. The number of carbonyl (C=O) groups excluding carboxylic acids is 1.